The van der Waals surface area contributed by atoms with Gasteiger partial charge in [0, 0.05) is 30.8 Å². The second-order valence-corrected chi connectivity index (χ2v) is 16.3. The molecule has 1 amide bonds. The number of amides is 1. The van der Waals surface area contributed by atoms with Crippen molar-refractivity contribution in [3.63, 3.8) is 0 Å². The SMILES string of the molecule is CCCCCCCCCCCCCC(=O)OC[C@H](CSC[C@@H](CO)NC(=O)CCCCCCCCC)OC(=O)CCCCCCCCCCCCC. The second-order valence-electron chi connectivity index (χ2n) is 15.2. The van der Waals surface area contributed by atoms with Gasteiger partial charge < -0.3 is 19.9 Å². The first-order valence-corrected chi connectivity index (χ1v) is 23.4. The standard InChI is InChI=1S/C44H85NO6S/c1-4-7-10-13-16-18-20-22-25-28-31-34-43(48)50-37-41(51-44(49)35-32-29-26-23-21-19-17-14-11-8-5-2)39-52-38-40(36-46)45-42(47)33-30-27-24-15-12-9-6-3/h40-41,46H,4-39H2,1-3H3,(H,45,47)/t40-,41-/m1/s1. The Balaban J connectivity index is 4.52. The van der Waals surface area contributed by atoms with Crippen LogP contribution in [0.1, 0.15) is 226 Å². The third kappa shape index (κ3) is 37.1. The van der Waals surface area contributed by atoms with Crippen molar-refractivity contribution in [2.24, 2.45) is 0 Å². The van der Waals surface area contributed by atoms with Gasteiger partial charge in [-0.1, -0.05) is 188 Å². The summed E-state index contributed by atoms with van der Waals surface area (Å²) >= 11 is 1.51. The number of aliphatic hydroxyl groups is 1. The maximum Gasteiger partial charge on any atom is 0.306 e. The van der Waals surface area contributed by atoms with Gasteiger partial charge in [-0.15, -0.1) is 0 Å². The Morgan fingerprint density at radius 3 is 1.27 bits per heavy atom. The molecule has 0 radical (unpaired) electrons. The van der Waals surface area contributed by atoms with Crippen LogP contribution in [-0.4, -0.2) is 59.8 Å². The Bertz CT molecular complexity index is 797. The molecular weight excluding hydrogens is 671 g/mol. The first-order chi connectivity index (χ1) is 25.5. The van der Waals surface area contributed by atoms with Gasteiger partial charge in [-0.2, -0.15) is 11.8 Å². The van der Waals surface area contributed by atoms with Crippen LogP contribution >= 0.6 is 11.8 Å². The summed E-state index contributed by atoms with van der Waals surface area (Å²) in [7, 11) is 0. The summed E-state index contributed by atoms with van der Waals surface area (Å²) in [6.07, 6.45) is 35.7. The molecule has 0 saturated heterocycles. The fraction of sp³-hybridized carbons (Fsp3) is 0.932. The number of hydrogen-bond donors (Lipinski definition) is 2. The van der Waals surface area contributed by atoms with Gasteiger partial charge >= 0.3 is 11.9 Å². The predicted octanol–water partition coefficient (Wildman–Crippen LogP) is 12.2. The van der Waals surface area contributed by atoms with Crippen LogP contribution in [0, 0.1) is 0 Å². The average Bonchev–Trinajstić information content (AvgIpc) is 3.14. The first kappa shape index (κ1) is 50.7. The average molecular weight is 756 g/mol. The lowest BCUT2D eigenvalue weighted by Gasteiger charge is -2.20. The van der Waals surface area contributed by atoms with Crippen LogP contribution in [0.3, 0.4) is 0 Å². The number of rotatable bonds is 41. The van der Waals surface area contributed by atoms with E-state index in [1.165, 1.54) is 140 Å². The Labute approximate surface area is 326 Å². The van der Waals surface area contributed by atoms with Crippen molar-refractivity contribution < 1.29 is 29.0 Å². The molecule has 0 heterocycles. The summed E-state index contributed by atoms with van der Waals surface area (Å²) in [6, 6.07) is -0.363. The Morgan fingerprint density at radius 1 is 0.500 bits per heavy atom. The molecule has 0 bridgehead atoms. The Kier molecular flexibility index (Phi) is 39.9. The van der Waals surface area contributed by atoms with Crippen LogP contribution < -0.4 is 5.32 Å². The minimum Gasteiger partial charge on any atom is -0.462 e. The maximum absolute atomic E-state index is 12.8. The maximum atomic E-state index is 12.8. The van der Waals surface area contributed by atoms with Crippen molar-refractivity contribution in [1.29, 1.82) is 0 Å². The van der Waals surface area contributed by atoms with E-state index in [1.54, 1.807) is 0 Å². The van der Waals surface area contributed by atoms with Gasteiger partial charge in [-0.05, 0) is 19.3 Å². The molecule has 0 rings (SSSR count). The lowest BCUT2D eigenvalue weighted by atomic mass is 10.1. The van der Waals surface area contributed by atoms with E-state index < -0.39 is 6.10 Å². The summed E-state index contributed by atoms with van der Waals surface area (Å²) < 4.78 is 11.4. The number of carbonyl (C=O) groups is 3. The van der Waals surface area contributed by atoms with E-state index in [4.69, 9.17) is 9.47 Å². The van der Waals surface area contributed by atoms with E-state index in [9.17, 15) is 19.5 Å². The second kappa shape index (κ2) is 40.9. The molecule has 2 N–H and O–H groups in total. The number of esters is 2. The number of unbranched alkanes of at least 4 members (excludes halogenated alkanes) is 26. The number of hydrogen-bond acceptors (Lipinski definition) is 7. The van der Waals surface area contributed by atoms with Crippen LogP contribution in [-0.2, 0) is 23.9 Å². The summed E-state index contributed by atoms with van der Waals surface area (Å²) in [5.41, 5.74) is 0. The Hall–Kier alpha value is -1.28. The van der Waals surface area contributed by atoms with Crippen molar-refractivity contribution in [3.8, 4) is 0 Å². The zero-order chi connectivity index (χ0) is 38.2. The van der Waals surface area contributed by atoms with Crippen molar-refractivity contribution >= 4 is 29.6 Å². The number of ether oxygens (including phenoxy) is 2. The smallest absolute Gasteiger partial charge is 0.306 e. The molecule has 0 aromatic heterocycles. The zero-order valence-electron chi connectivity index (χ0n) is 34.5. The summed E-state index contributed by atoms with van der Waals surface area (Å²) in [4.78, 5) is 37.8. The summed E-state index contributed by atoms with van der Waals surface area (Å²) in [5, 5.41) is 12.9. The third-order valence-electron chi connectivity index (χ3n) is 9.91. The highest BCUT2D eigenvalue weighted by molar-refractivity contribution is 7.99. The lowest BCUT2D eigenvalue weighted by Crippen LogP contribution is -2.39. The molecule has 7 nitrogen and oxygen atoms in total. The van der Waals surface area contributed by atoms with Gasteiger partial charge in [0.2, 0.25) is 5.91 Å². The van der Waals surface area contributed by atoms with Gasteiger partial charge in [-0.25, -0.2) is 0 Å². The van der Waals surface area contributed by atoms with E-state index in [-0.39, 0.29) is 37.1 Å². The van der Waals surface area contributed by atoms with Crippen molar-refractivity contribution in [1.82, 2.24) is 5.32 Å². The molecule has 0 fully saturated rings. The van der Waals surface area contributed by atoms with E-state index in [0.29, 0.717) is 30.8 Å². The molecular formula is C44H85NO6S. The van der Waals surface area contributed by atoms with Crippen LogP contribution in [0.2, 0.25) is 0 Å². The molecule has 0 aromatic rings. The number of thioether (sulfide) groups is 1. The van der Waals surface area contributed by atoms with Crippen molar-refractivity contribution in [2.45, 2.75) is 238 Å². The van der Waals surface area contributed by atoms with Crippen LogP contribution in [0.15, 0.2) is 0 Å². The first-order valence-electron chi connectivity index (χ1n) is 22.3. The normalized spacial score (nSPS) is 12.5. The van der Waals surface area contributed by atoms with Crippen LogP contribution in [0.25, 0.3) is 0 Å². The summed E-state index contributed by atoms with van der Waals surface area (Å²) in [6.45, 7) is 6.61. The fourth-order valence-electron chi connectivity index (χ4n) is 6.51. The largest absolute Gasteiger partial charge is 0.462 e. The van der Waals surface area contributed by atoms with E-state index >= 15 is 0 Å². The molecule has 308 valence electrons. The van der Waals surface area contributed by atoms with Gasteiger partial charge in [0.1, 0.15) is 12.7 Å². The zero-order valence-corrected chi connectivity index (χ0v) is 35.3. The topological polar surface area (TPSA) is 102 Å². The summed E-state index contributed by atoms with van der Waals surface area (Å²) in [5.74, 6) is 0.431. The molecule has 0 aromatic carbocycles. The van der Waals surface area contributed by atoms with Gasteiger partial charge in [0.15, 0.2) is 0 Å². The molecule has 2 atom stereocenters. The van der Waals surface area contributed by atoms with Gasteiger partial charge in [0.25, 0.3) is 0 Å². The third-order valence-corrected chi connectivity index (χ3v) is 11.2. The Morgan fingerprint density at radius 2 is 0.865 bits per heavy atom. The van der Waals surface area contributed by atoms with Crippen LogP contribution in [0.5, 0.6) is 0 Å². The van der Waals surface area contributed by atoms with Crippen LogP contribution in [0.4, 0.5) is 0 Å². The fourth-order valence-corrected chi connectivity index (χ4v) is 7.55. The number of nitrogens with one attached hydrogen (secondary N) is 1. The highest BCUT2D eigenvalue weighted by Gasteiger charge is 2.19. The molecule has 0 saturated carbocycles. The molecule has 52 heavy (non-hydrogen) atoms. The molecule has 0 spiro atoms. The molecule has 8 heteroatoms. The van der Waals surface area contributed by atoms with E-state index in [0.717, 1.165) is 57.8 Å². The predicted molar refractivity (Wildman–Crippen MR) is 222 cm³/mol. The highest BCUT2D eigenvalue weighted by Crippen LogP contribution is 2.16. The van der Waals surface area contributed by atoms with E-state index in [2.05, 4.69) is 26.1 Å². The quantitative estimate of drug-likeness (QED) is 0.0473. The molecule has 0 aliphatic carbocycles. The molecule has 0 unspecified atom stereocenters. The number of carbonyl (C=O) groups excluding carboxylic acids is 3. The highest BCUT2D eigenvalue weighted by atomic mass is 32.2. The molecule has 0 aliphatic heterocycles. The van der Waals surface area contributed by atoms with Gasteiger partial charge in [-0.3, -0.25) is 14.4 Å². The van der Waals surface area contributed by atoms with Crippen molar-refractivity contribution in [3.05, 3.63) is 0 Å². The van der Waals surface area contributed by atoms with E-state index in [1.807, 2.05) is 0 Å². The van der Waals surface area contributed by atoms with Crippen molar-refractivity contribution in [2.75, 3.05) is 24.7 Å². The minimum atomic E-state index is -0.547. The number of aliphatic hydroxyl groups excluding tert-OH is 1. The molecule has 0 aliphatic rings. The monoisotopic (exact) mass is 756 g/mol. The lowest BCUT2D eigenvalue weighted by molar-refractivity contribution is -0.157. The van der Waals surface area contributed by atoms with Gasteiger partial charge in [0.05, 0.1) is 12.6 Å². The minimum absolute atomic E-state index is 0.0282.